The van der Waals surface area contributed by atoms with E-state index in [1.54, 1.807) is 18.2 Å². The Morgan fingerprint density at radius 1 is 1.25 bits per heavy atom. The molecule has 0 spiro atoms. The molecule has 0 amide bonds. The molecule has 5 heteroatoms. The lowest BCUT2D eigenvalue weighted by atomic mass is 9.75. The van der Waals surface area contributed by atoms with Crippen LogP contribution in [0, 0.1) is 12.3 Å². The summed E-state index contributed by atoms with van der Waals surface area (Å²) < 4.78 is 27.3. The fourth-order valence-corrected chi connectivity index (χ4v) is 4.07. The van der Waals surface area contributed by atoms with Gasteiger partial charge >= 0.3 is 0 Å². The van der Waals surface area contributed by atoms with E-state index in [4.69, 9.17) is 0 Å². The number of aliphatic hydroxyl groups is 1. The summed E-state index contributed by atoms with van der Waals surface area (Å²) in [4.78, 5) is 0.293. The largest absolute Gasteiger partial charge is 0.396 e. The first-order chi connectivity index (χ1) is 9.47. The third kappa shape index (κ3) is 3.59. The zero-order valence-corrected chi connectivity index (χ0v) is 12.7. The van der Waals surface area contributed by atoms with Gasteiger partial charge in [-0.25, -0.2) is 13.1 Å². The number of rotatable bonds is 5. The fourth-order valence-electron chi connectivity index (χ4n) is 2.81. The van der Waals surface area contributed by atoms with Crippen molar-refractivity contribution in [2.45, 2.75) is 43.9 Å². The summed E-state index contributed by atoms with van der Waals surface area (Å²) >= 11 is 0. The van der Waals surface area contributed by atoms with Gasteiger partial charge in [-0.15, -0.1) is 0 Å². The number of aryl methyl sites for hydroxylation is 1. The van der Waals surface area contributed by atoms with Gasteiger partial charge in [-0.05, 0) is 37.5 Å². The molecule has 20 heavy (non-hydrogen) atoms. The van der Waals surface area contributed by atoms with Crippen LogP contribution in [0.3, 0.4) is 0 Å². The van der Waals surface area contributed by atoms with E-state index in [1.165, 1.54) is 6.42 Å². The Bertz CT molecular complexity index is 548. The van der Waals surface area contributed by atoms with Gasteiger partial charge in [-0.1, -0.05) is 31.4 Å². The number of hydrogen-bond donors (Lipinski definition) is 2. The molecule has 0 heterocycles. The van der Waals surface area contributed by atoms with E-state index in [2.05, 4.69) is 4.72 Å². The molecule has 1 aliphatic rings. The first-order valence-corrected chi connectivity index (χ1v) is 8.63. The highest BCUT2D eigenvalue weighted by Crippen LogP contribution is 2.35. The third-order valence-electron chi connectivity index (χ3n) is 4.19. The predicted octanol–water partition coefficient (Wildman–Crippen LogP) is 2.22. The quantitative estimate of drug-likeness (QED) is 0.875. The Morgan fingerprint density at radius 3 is 2.55 bits per heavy atom. The summed E-state index contributed by atoms with van der Waals surface area (Å²) in [5.41, 5.74) is 0.636. The van der Waals surface area contributed by atoms with Crippen molar-refractivity contribution in [3.05, 3.63) is 29.8 Å². The van der Waals surface area contributed by atoms with Crippen LogP contribution in [0.1, 0.15) is 37.7 Å². The number of sulfonamides is 1. The van der Waals surface area contributed by atoms with Crippen molar-refractivity contribution < 1.29 is 13.5 Å². The highest BCUT2D eigenvalue weighted by Gasteiger charge is 2.32. The summed E-state index contributed by atoms with van der Waals surface area (Å²) in [6.45, 7) is 2.23. The van der Waals surface area contributed by atoms with Gasteiger partial charge in [-0.3, -0.25) is 0 Å². The number of nitrogens with one attached hydrogen (secondary N) is 1. The van der Waals surface area contributed by atoms with E-state index in [9.17, 15) is 13.5 Å². The van der Waals surface area contributed by atoms with Crippen LogP contribution in [0.25, 0.3) is 0 Å². The van der Waals surface area contributed by atoms with Gasteiger partial charge in [0.1, 0.15) is 0 Å². The maximum atomic E-state index is 12.3. The molecule has 112 valence electrons. The summed E-state index contributed by atoms with van der Waals surface area (Å²) in [6.07, 6.45) is 5.07. The highest BCUT2D eigenvalue weighted by atomic mass is 32.2. The molecule has 1 aliphatic carbocycles. The first-order valence-electron chi connectivity index (χ1n) is 7.15. The Balaban J connectivity index is 2.08. The summed E-state index contributed by atoms with van der Waals surface area (Å²) in [5, 5.41) is 9.62. The second-order valence-electron chi connectivity index (χ2n) is 5.86. The molecular weight excluding hydrogens is 274 g/mol. The van der Waals surface area contributed by atoms with Crippen molar-refractivity contribution in [3.63, 3.8) is 0 Å². The number of aliphatic hydroxyl groups excluding tert-OH is 1. The van der Waals surface area contributed by atoms with Gasteiger partial charge in [0.05, 0.1) is 4.90 Å². The van der Waals surface area contributed by atoms with Crippen LogP contribution < -0.4 is 4.72 Å². The minimum Gasteiger partial charge on any atom is -0.396 e. The predicted molar refractivity (Wildman–Crippen MR) is 79.0 cm³/mol. The molecule has 1 fully saturated rings. The first kappa shape index (κ1) is 15.5. The van der Waals surface area contributed by atoms with Crippen LogP contribution in [-0.4, -0.2) is 26.7 Å². The minimum atomic E-state index is -3.49. The van der Waals surface area contributed by atoms with Crippen LogP contribution in [0.5, 0.6) is 0 Å². The topological polar surface area (TPSA) is 66.4 Å². The SMILES string of the molecule is Cc1cccc(S(=O)(=O)NCC2(CO)CCCCC2)c1. The molecule has 2 rings (SSSR count). The summed E-state index contributed by atoms with van der Waals surface area (Å²) in [7, 11) is -3.49. The average Bonchev–Trinajstić information content (AvgIpc) is 2.46. The number of benzene rings is 1. The van der Waals surface area contributed by atoms with Crippen molar-refractivity contribution in [2.75, 3.05) is 13.2 Å². The van der Waals surface area contributed by atoms with Crippen molar-refractivity contribution in [2.24, 2.45) is 5.41 Å². The molecule has 0 bridgehead atoms. The second kappa shape index (κ2) is 6.24. The van der Waals surface area contributed by atoms with Crippen LogP contribution in [-0.2, 0) is 10.0 Å². The van der Waals surface area contributed by atoms with Crippen molar-refractivity contribution in [1.29, 1.82) is 0 Å². The van der Waals surface area contributed by atoms with E-state index >= 15 is 0 Å². The van der Waals surface area contributed by atoms with Crippen LogP contribution >= 0.6 is 0 Å². The van der Waals surface area contributed by atoms with E-state index in [1.807, 2.05) is 13.0 Å². The molecule has 0 radical (unpaired) electrons. The lowest BCUT2D eigenvalue weighted by Gasteiger charge is -2.35. The summed E-state index contributed by atoms with van der Waals surface area (Å²) in [6, 6.07) is 6.87. The maximum absolute atomic E-state index is 12.3. The van der Waals surface area contributed by atoms with Crippen LogP contribution in [0.15, 0.2) is 29.2 Å². The Morgan fingerprint density at radius 2 is 1.95 bits per heavy atom. The van der Waals surface area contributed by atoms with Gasteiger partial charge < -0.3 is 5.11 Å². The van der Waals surface area contributed by atoms with Gasteiger partial charge in [0.2, 0.25) is 10.0 Å². The zero-order valence-electron chi connectivity index (χ0n) is 11.9. The smallest absolute Gasteiger partial charge is 0.240 e. The average molecular weight is 297 g/mol. The second-order valence-corrected chi connectivity index (χ2v) is 7.63. The number of hydrogen-bond acceptors (Lipinski definition) is 3. The van der Waals surface area contributed by atoms with Crippen LogP contribution in [0.4, 0.5) is 0 Å². The van der Waals surface area contributed by atoms with Gasteiger partial charge in [0.25, 0.3) is 0 Å². The van der Waals surface area contributed by atoms with Gasteiger partial charge in [0, 0.05) is 18.6 Å². The molecule has 0 saturated heterocycles. The minimum absolute atomic E-state index is 0.0450. The maximum Gasteiger partial charge on any atom is 0.240 e. The molecule has 0 aliphatic heterocycles. The zero-order chi connectivity index (χ0) is 14.6. The van der Waals surface area contributed by atoms with E-state index in [0.717, 1.165) is 31.2 Å². The lowest BCUT2D eigenvalue weighted by Crippen LogP contribution is -2.41. The van der Waals surface area contributed by atoms with Gasteiger partial charge in [-0.2, -0.15) is 0 Å². The standard InChI is InChI=1S/C15H23NO3S/c1-13-6-5-7-14(10-13)20(18,19)16-11-15(12-17)8-3-2-4-9-15/h5-7,10,16-17H,2-4,8-9,11-12H2,1H3. The van der Waals surface area contributed by atoms with Gasteiger partial charge in [0.15, 0.2) is 0 Å². The monoisotopic (exact) mass is 297 g/mol. The molecule has 2 N–H and O–H groups in total. The molecule has 0 unspecified atom stereocenters. The molecular formula is C15H23NO3S. The van der Waals surface area contributed by atoms with E-state index in [0.29, 0.717) is 11.4 Å². The molecule has 1 aromatic rings. The van der Waals surface area contributed by atoms with Crippen molar-refractivity contribution >= 4 is 10.0 Å². The molecule has 0 atom stereocenters. The Kier molecular flexibility index (Phi) is 4.83. The highest BCUT2D eigenvalue weighted by molar-refractivity contribution is 7.89. The molecule has 0 aromatic heterocycles. The third-order valence-corrected chi connectivity index (χ3v) is 5.59. The van der Waals surface area contributed by atoms with Crippen molar-refractivity contribution in [3.8, 4) is 0 Å². The molecule has 1 saturated carbocycles. The van der Waals surface area contributed by atoms with Crippen molar-refractivity contribution in [1.82, 2.24) is 4.72 Å². The van der Waals surface area contributed by atoms with E-state index < -0.39 is 10.0 Å². The lowest BCUT2D eigenvalue weighted by molar-refractivity contribution is 0.0867. The van der Waals surface area contributed by atoms with E-state index in [-0.39, 0.29) is 12.0 Å². The normalized spacial score (nSPS) is 18.9. The fraction of sp³-hybridized carbons (Fsp3) is 0.600. The molecule has 1 aromatic carbocycles. The van der Waals surface area contributed by atoms with Crippen LogP contribution in [0.2, 0.25) is 0 Å². The Hall–Kier alpha value is -0.910. The Labute approximate surface area is 121 Å². The summed E-state index contributed by atoms with van der Waals surface area (Å²) in [5.74, 6) is 0. The molecule has 4 nitrogen and oxygen atoms in total.